The second-order valence-electron chi connectivity index (χ2n) is 15.2. The molecule has 0 aliphatic heterocycles. The number of thiophene rings is 1. The van der Waals surface area contributed by atoms with Gasteiger partial charge in [-0.3, -0.25) is 0 Å². The van der Waals surface area contributed by atoms with Gasteiger partial charge in [0.2, 0.25) is 0 Å². The number of fused-ring (bicyclic) bond motifs is 9. The molecule has 12 rings (SSSR count). The fraction of sp³-hybridized carbons (Fsp3) is 0.0370. The largest absolute Gasteiger partial charge is 0.456 e. The van der Waals surface area contributed by atoms with Crippen molar-refractivity contribution in [1.82, 2.24) is 4.57 Å². The van der Waals surface area contributed by atoms with Crippen molar-refractivity contribution < 1.29 is 4.42 Å². The second kappa shape index (κ2) is 13.2. The fourth-order valence-corrected chi connectivity index (χ4v) is 10.4. The molecule has 1 aliphatic rings. The summed E-state index contributed by atoms with van der Waals surface area (Å²) in [7, 11) is 0. The molecular weight excluding hydrogens is 725 g/mol. The molecule has 3 aromatic heterocycles. The van der Waals surface area contributed by atoms with E-state index in [1.165, 1.54) is 58.7 Å². The van der Waals surface area contributed by atoms with E-state index in [9.17, 15) is 0 Å². The summed E-state index contributed by atoms with van der Waals surface area (Å²) in [4.78, 5) is 2.43. The first-order valence-electron chi connectivity index (χ1n) is 19.9. The average molecular weight is 761 g/mol. The van der Waals surface area contributed by atoms with Gasteiger partial charge in [-0.1, -0.05) is 115 Å². The predicted molar refractivity (Wildman–Crippen MR) is 247 cm³/mol. The van der Waals surface area contributed by atoms with Crippen LogP contribution in [-0.2, 0) is 0 Å². The quantitative estimate of drug-likeness (QED) is 0.168. The van der Waals surface area contributed by atoms with Crippen molar-refractivity contribution >= 4 is 92.3 Å². The predicted octanol–water partition coefficient (Wildman–Crippen LogP) is 15.8. The summed E-state index contributed by atoms with van der Waals surface area (Å²) in [6, 6.07) is 64.3. The summed E-state index contributed by atoms with van der Waals surface area (Å²) < 4.78 is 11.3. The fourth-order valence-electron chi connectivity index (χ4n) is 9.15. The molecule has 0 spiro atoms. The first-order chi connectivity index (χ1) is 28.7. The summed E-state index contributed by atoms with van der Waals surface area (Å²) in [5, 5.41) is 7.25. The Bertz CT molecular complexity index is 3440. The highest BCUT2D eigenvalue weighted by Crippen LogP contribution is 2.47. The van der Waals surface area contributed by atoms with Crippen LogP contribution < -0.4 is 4.90 Å². The maximum absolute atomic E-state index is 6.32. The Hall–Kier alpha value is -7.14. The van der Waals surface area contributed by atoms with Crippen LogP contribution in [0.3, 0.4) is 0 Å². The minimum Gasteiger partial charge on any atom is -0.456 e. The third-order valence-electron chi connectivity index (χ3n) is 11.9. The van der Waals surface area contributed by atoms with Crippen LogP contribution in [-0.4, -0.2) is 4.57 Å². The lowest BCUT2D eigenvalue weighted by atomic mass is 9.92. The third-order valence-corrected chi connectivity index (χ3v) is 13.1. The molecule has 1 unspecified atom stereocenters. The number of aromatic nitrogens is 1. The minimum atomic E-state index is 0.379. The molecule has 58 heavy (non-hydrogen) atoms. The second-order valence-corrected chi connectivity index (χ2v) is 16.3. The van der Waals surface area contributed by atoms with E-state index >= 15 is 0 Å². The van der Waals surface area contributed by atoms with Crippen LogP contribution in [0.1, 0.15) is 17.9 Å². The molecule has 0 saturated heterocycles. The van der Waals surface area contributed by atoms with Crippen LogP contribution in [0.15, 0.2) is 205 Å². The number of para-hydroxylation sites is 3. The normalized spacial score (nSPS) is 14.2. The molecule has 0 fully saturated rings. The van der Waals surface area contributed by atoms with Gasteiger partial charge in [-0.2, -0.15) is 0 Å². The lowest BCUT2D eigenvalue weighted by Crippen LogP contribution is -2.10. The van der Waals surface area contributed by atoms with Gasteiger partial charge in [0, 0.05) is 75.9 Å². The Morgan fingerprint density at radius 2 is 1.24 bits per heavy atom. The highest BCUT2D eigenvalue weighted by molar-refractivity contribution is 7.26. The van der Waals surface area contributed by atoms with Crippen LogP contribution in [0, 0.1) is 0 Å². The molecule has 4 heteroatoms. The monoisotopic (exact) mass is 760 g/mol. The Balaban J connectivity index is 1.10. The van der Waals surface area contributed by atoms with Gasteiger partial charge in [-0.15, -0.1) is 11.3 Å². The highest BCUT2D eigenvalue weighted by atomic mass is 32.1. The molecule has 0 amide bonds. The lowest BCUT2D eigenvalue weighted by molar-refractivity contribution is 0.669. The molecular formula is C54H36N2OS. The van der Waals surface area contributed by atoms with E-state index in [4.69, 9.17) is 4.42 Å². The van der Waals surface area contributed by atoms with Crippen LogP contribution >= 0.6 is 11.3 Å². The minimum absolute atomic E-state index is 0.379. The number of rotatable bonds is 6. The number of anilines is 3. The number of allylic oxidation sites excluding steroid dienone is 4. The Morgan fingerprint density at radius 3 is 2.10 bits per heavy atom. The van der Waals surface area contributed by atoms with Crippen LogP contribution in [0.2, 0.25) is 0 Å². The van der Waals surface area contributed by atoms with Crippen molar-refractivity contribution in [3.63, 3.8) is 0 Å². The standard InChI is InChI=1S/C54H36N2OS/c1-3-13-35(14-4-1)36-23-26-39(27-24-36)55(40-28-30-52-47(32-40)43-18-8-11-21-51(43)57-52)41-33-45(54-48(34-41)44-19-9-12-22-53(44)58-54)37-25-29-50-46(31-37)42-17-7-10-20-49(42)56(50)38-15-5-2-6-16-38/h1-13,15-35H,14H2. The van der Waals surface area contributed by atoms with E-state index < -0.39 is 0 Å². The SMILES string of the molecule is C1=CCC(c2ccc(N(c3ccc4oc5ccccc5c4c3)c3cc(-c4ccc5c(c4)c4ccccc4n5-c4ccccc4)c4sc5ccccc5c4c3)cc2)C=C1. The van der Waals surface area contributed by atoms with Crippen LogP contribution in [0.25, 0.3) is 80.7 Å². The van der Waals surface area contributed by atoms with Gasteiger partial charge < -0.3 is 13.9 Å². The number of hydrogen-bond donors (Lipinski definition) is 0. The van der Waals surface area contributed by atoms with Gasteiger partial charge >= 0.3 is 0 Å². The maximum atomic E-state index is 6.32. The lowest BCUT2D eigenvalue weighted by Gasteiger charge is -2.27. The number of hydrogen-bond acceptors (Lipinski definition) is 3. The van der Waals surface area contributed by atoms with Crippen LogP contribution in [0.5, 0.6) is 0 Å². The van der Waals surface area contributed by atoms with Gasteiger partial charge in [0.25, 0.3) is 0 Å². The van der Waals surface area contributed by atoms with E-state index in [-0.39, 0.29) is 0 Å². The van der Waals surface area contributed by atoms with E-state index in [0.29, 0.717) is 5.92 Å². The summed E-state index contributed by atoms with van der Waals surface area (Å²) in [5.74, 6) is 0.379. The molecule has 0 saturated carbocycles. The van der Waals surface area contributed by atoms with Gasteiger partial charge in [0.15, 0.2) is 0 Å². The Labute approximate surface area is 339 Å². The molecule has 0 radical (unpaired) electrons. The first kappa shape index (κ1) is 33.0. The van der Waals surface area contributed by atoms with Gasteiger partial charge in [-0.25, -0.2) is 0 Å². The zero-order chi connectivity index (χ0) is 38.2. The van der Waals surface area contributed by atoms with Crippen molar-refractivity contribution in [2.45, 2.75) is 12.3 Å². The number of nitrogens with zero attached hydrogens (tertiary/aromatic N) is 2. The average Bonchev–Trinajstić information content (AvgIpc) is 3.96. The molecule has 11 aromatic rings. The molecule has 274 valence electrons. The van der Waals surface area contributed by atoms with Crippen molar-refractivity contribution in [2.24, 2.45) is 0 Å². The van der Waals surface area contributed by atoms with E-state index in [2.05, 4.69) is 204 Å². The summed E-state index contributed by atoms with van der Waals surface area (Å²) in [5.41, 5.74) is 12.4. The van der Waals surface area contributed by atoms with Crippen molar-refractivity contribution in [3.8, 4) is 16.8 Å². The molecule has 0 bridgehead atoms. The molecule has 1 aliphatic carbocycles. The Kier molecular flexibility index (Phi) is 7.54. The number of furan rings is 1. The highest BCUT2D eigenvalue weighted by Gasteiger charge is 2.22. The molecule has 0 N–H and O–H groups in total. The van der Waals surface area contributed by atoms with Crippen molar-refractivity contribution in [1.29, 1.82) is 0 Å². The summed E-state index contributed by atoms with van der Waals surface area (Å²) >= 11 is 1.88. The van der Waals surface area contributed by atoms with E-state index in [0.717, 1.165) is 51.1 Å². The summed E-state index contributed by atoms with van der Waals surface area (Å²) in [6.07, 6.45) is 9.89. The zero-order valence-corrected chi connectivity index (χ0v) is 32.4. The zero-order valence-electron chi connectivity index (χ0n) is 31.5. The smallest absolute Gasteiger partial charge is 0.135 e. The molecule has 3 heterocycles. The third kappa shape index (κ3) is 5.26. The summed E-state index contributed by atoms with van der Waals surface area (Å²) in [6.45, 7) is 0. The topological polar surface area (TPSA) is 21.3 Å². The van der Waals surface area contributed by atoms with E-state index in [1.54, 1.807) is 0 Å². The van der Waals surface area contributed by atoms with Crippen molar-refractivity contribution in [2.75, 3.05) is 4.90 Å². The molecule has 8 aromatic carbocycles. The van der Waals surface area contributed by atoms with Crippen LogP contribution in [0.4, 0.5) is 17.1 Å². The first-order valence-corrected chi connectivity index (χ1v) is 20.8. The number of benzene rings is 8. The Morgan fingerprint density at radius 1 is 0.517 bits per heavy atom. The maximum Gasteiger partial charge on any atom is 0.135 e. The molecule has 3 nitrogen and oxygen atoms in total. The van der Waals surface area contributed by atoms with Gasteiger partial charge in [-0.05, 0) is 102 Å². The van der Waals surface area contributed by atoms with Crippen molar-refractivity contribution in [3.05, 3.63) is 206 Å². The molecule has 1 atom stereocenters. The van der Waals surface area contributed by atoms with Gasteiger partial charge in [0.05, 0.1) is 11.0 Å². The van der Waals surface area contributed by atoms with E-state index in [1.807, 2.05) is 17.4 Å². The van der Waals surface area contributed by atoms with Gasteiger partial charge in [0.1, 0.15) is 11.2 Å².